The van der Waals surface area contributed by atoms with Crippen LogP contribution >= 0.6 is 45.2 Å². The van der Waals surface area contributed by atoms with E-state index >= 15 is 0 Å². The third-order valence-electron chi connectivity index (χ3n) is 2.52. The number of carbonyl (C=O) groups is 1. The lowest BCUT2D eigenvalue weighted by Crippen LogP contribution is -1.99. The van der Waals surface area contributed by atoms with Gasteiger partial charge in [0.05, 0.1) is 5.69 Å². The Kier molecular flexibility index (Phi) is 4.61. The van der Waals surface area contributed by atoms with Crippen molar-refractivity contribution < 1.29 is 9.90 Å². The number of hydrogen-bond donors (Lipinski definition) is 1. The smallest absolute Gasteiger partial charge is 0.328 e. The van der Waals surface area contributed by atoms with Crippen molar-refractivity contribution >= 4 is 57.2 Å². The molecule has 0 saturated heterocycles. The van der Waals surface area contributed by atoms with Crippen LogP contribution in [0.5, 0.6) is 0 Å². The van der Waals surface area contributed by atoms with Crippen LogP contribution in [-0.2, 0) is 4.79 Å². The van der Waals surface area contributed by atoms with Crippen LogP contribution in [-0.4, -0.2) is 20.6 Å². The van der Waals surface area contributed by atoms with E-state index in [0.717, 1.165) is 30.3 Å². The number of imidazole rings is 1. The highest BCUT2D eigenvalue weighted by Gasteiger charge is 2.10. The molecule has 0 radical (unpaired) electrons. The average molecular weight is 480 g/mol. The average Bonchev–Trinajstić information content (AvgIpc) is 2.68. The van der Waals surface area contributed by atoms with E-state index in [0.29, 0.717) is 0 Å². The molecule has 0 amide bonds. The van der Waals surface area contributed by atoms with Crippen molar-refractivity contribution in [2.45, 2.75) is 6.92 Å². The van der Waals surface area contributed by atoms with Crippen molar-refractivity contribution in [3.8, 4) is 5.69 Å². The summed E-state index contributed by atoms with van der Waals surface area (Å²) in [5.41, 5.74) is 2.86. The third-order valence-corrected chi connectivity index (χ3v) is 5.37. The Morgan fingerprint density at radius 2 is 2.16 bits per heavy atom. The molecule has 0 aliphatic carbocycles. The van der Waals surface area contributed by atoms with Gasteiger partial charge in [0.2, 0.25) is 0 Å². The molecule has 0 saturated carbocycles. The molecule has 0 unspecified atom stereocenters. The molecule has 0 aliphatic rings. The molecular weight excluding hydrogens is 470 g/mol. The second kappa shape index (κ2) is 6.04. The molecule has 2 rings (SSSR count). The molecule has 98 valence electrons. The summed E-state index contributed by atoms with van der Waals surface area (Å²) in [5, 5.41) is 8.76. The summed E-state index contributed by atoms with van der Waals surface area (Å²) in [6.07, 6.45) is 4.49. The lowest BCUT2D eigenvalue weighted by molar-refractivity contribution is -0.131. The Morgan fingerprint density at radius 1 is 1.42 bits per heavy atom. The second-order valence-corrected chi connectivity index (χ2v) is 5.97. The van der Waals surface area contributed by atoms with Crippen molar-refractivity contribution in [1.82, 2.24) is 9.55 Å². The van der Waals surface area contributed by atoms with Gasteiger partial charge in [-0.3, -0.25) is 4.57 Å². The monoisotopic (exact) mass is 480 g/mol. The third kappa shape index (κ3) is 3.35. The van der Waals surface area contributed by atoms with Crippen molar-refractivity contribution in [3.05, 3.63) is 49.1 Å². The second-order valence-electron chi connectivity index (χ2n) is 3.93. The maximum absolute atomic E-state index is 10.7. The zero-order chi connectivity index (χ0) is 14.0. The molecule has 0 atom stereocenters. The number of halogens is 2. The van der Waals surface area contributed by atoms with E-state index < -0.39 is 5.97 Å². The highest BCUT2D eigenvalue weighted by Crippen LogP contribution is 2.23. The standard InChI is InChI=1S/C13H10I2N2O2/c1-8-2-4-10(9(6-8)3-5-11(18)19)17-7-16-12(14)13(17)15/h2-7H,1H3,(H,18,19)/b5-3+. The highest BCUT2D eigenvalue weighted by atomic mass is 127. The molecule has 0 spiro atoms. The predicted molar refractivity (Wildman–Crippen MR) is 90.4 cm³/mol. The van der Waals surface area contributed by atoms with Gasteiger partial charge in [0.15, 0.2) is 0 Å². The highest BCUT2D eigenvalue weighted by molar-refractivity contribution is 14.1. The van der Waals surface area contributed by atoms with E-state index in [2.05, 4.69) is 50.2 Å². The van der Waals surface area contributed by atoms with Crippen LogP contribution in [0.25, 0.3) is 11.8 Å². The van der Waals surface area contributed by atoms with Crippen LogP contribution in [0.1, 0.15) is 11.1 Å². The molecule has 1 heterocycles. The van der Waals surface area contributed by atoms with Crippen LogP contribution < -0.4 is 0 Å². The summed E-state index contributed by atoms with van der Waals surface area (Å²) < 4.78 is 3.88. The van der Waals surface area contributed by atoms with Gasteiger partial charge in [-0.25, -0.2) is 9.78 Å². The molecule has 0 aliphatic heterocycles. The number of nitrogens with zero attached hydrogens (tertiary/aromatic N) is 2. The first-order valence-corrected chi connectivity index (χ1v) is 7.55. The van der Waals surface area contributed by atoms with Gasteiger partial charge in [-0.15, -0.1) is 0 Å². The Bertz CT molecular complexity index is 663. The molecule has 1 aromatic heterocycles. The number of benzene rings is 1. The van der Waals surface area contributed by atoms with Crippen LogP contribution in [0.4, 0.5) is 0 Å². The number of rotatable bonds is 3. The van der Waals surface area contributed by atoms with Gasteiger partial charge >= 0.3 is 5.97 Å². The topological polar surface area (TPSA) is 55.1 Å². The summed E-state index contributed by atoms with van der Waals surface area (Å²) in [7, 11) is 0. The molecule has 0 fully saturated rings. The maximum Gasteiger partial charge on any atom is 0.328 e. The molecule has 1 N–H and O–H groups in total. The summed E-state index contributed by atoms with van der Waals surface area (Å²) in [6, 6.07) is 5.92. The summed E-state index contributed by atoms with van der Waals surface area (Å²) in [5.74, 6) is -0.956. The first kappa shape index (κ1) is 14.5. The Balaban J connectivity index is 2.57. The van der Waals surface area contributed by atoms with E-state index in [1.54, 1.807) is 12.4 Å². The number of carboxylic acids is 1. The van der Waals surface area contributed by atoms with Gasteiger partial charge in [-0.05, 0) is 75.9 Å². The fraction of sp³-hybridized carbons (Fsp3) is 0.0769. The van der Waals surface area contributed by atoms with Gasteiger partial charge in [0.1, 0.15) is 13.7 Å². The van der Waals surface area contributed by atoms with E-state index in [-0.39, 0.29) is 0 Å². The van der Waals surface area contributed by atoms with Crippen LogP contribution in [0.15, 0.2) is 30.6 Å². The normalized spacial score (nSPS) is 11.1. The zero-order valence-corrected chi connectivity index (χ0v) is 14.3. The lowest BCUT2D eigenvalue weighted by Gasteiger charge is -2.09. The van der Waals surface area contributed by atoms with Gasteiger partial charge in [0, 0.05) is 6.08 Å². The number of aromatic nitrogens is 2. The lowest BCUT2D eigenvalue weighted by atomic mass is 10.1. The van der Waals surface area contributed by atoms with E-state index in [1.807, 2.05) is 29.7 Å². The van der Waals surface area contributed by atoms with E-state index in [4.69, 9.17) is 5.11 Å². The summed E-state index contributed by atoms with van der Waals surface area (Å²) >= 11 is 4.39. The molecule has 4 nitrogen and oxygen atoms in total. The molecule has 2 aromatic rings. The molecular formula is C13H10I2N2O2. The number of carboxylic acid groups (broad SMARTS) is 1. The fourth-order valence-electron chi connectivity index (χ4n) is 1.67. The SMILES string of the molecule is Cc1ccc(-n2cnc(I)c2I)c(/C=C/C(=O)O)c1. The van der Waals surface area contributed by atoms with Crippen molar-refractivity contribution in [3.63, 3.8) is 0 Å². The van der Waals surface area contributed by atoms with Gasteiger partial charge < -0.3 is 5.11 Å². The summed E-state index contributed by atoms with van der Waals surface area (Å²) in [6.45, 7) is 1.98. The maximum atomic E-state index is 10.7. The van der Waals surface area contributed by atoms with Crippen LogP contribution in [0, 0.1) is 14.3 Å². The molecule has 6 heteroatoms. The zero-order valence-electron chi connectivity index (χ0n) is 9.97. The Morgan fingerprint density at radius 3 is 2.74 bits per heavy atom. The number of aliphatic carboxylic acids is 1. The number of hydrogen-bond acceptors (Lipinski definition) is 2. The van der Waals surface area contributed by atoms with E-state index in [1.165, 1.54) is 0 Å². The quantitative estimate of drug-likeness (QED) is 0.541. The van der Waals surface area contributed by atoms with E-state index in [9.17, 15) is 4.79 Å². The van der Waals surface area contributed by atoms with Crippen molar-refractivity contribution in [1.29, 1.82) is 0 Å². The molecule has 19 heavy (non-hydrogen) atoms. The van der Waals surface area contributed by atoms with Crippen LogP contribution in [0.3, 0.4) is 0 Å². The molecule has 0 bridgehead atoms. The predicted octanol–water partition coefficient (Wildman–Crippen LogP) is 3.49. The first-order valence-electron chi connectivity index (χ1n) is 5.39. The fourth-order valence-corrected chi connectivity index (χ4v) is 2.58. The van der Waals surface area contributed by atoms with Crippen molar-refractivity contribution in [2.24, 2.45) is 0 Å². The van der Waals surface area contributed by atoms with Crippen LogP contribution in [0.2, 0.25) is 0 Å². The van der Waals surface area contributed by atoms with Gasteiger partial charge in [-0.2, -0.15) is 0 Å². The minimum Gasteiger partial charge on any atom is -0.478 e. The minimum absolute atomic E-state index is 0.856. The summed E-state index contributed by atoms with van der Waals surface area (Å²) in [4.78, 5) is 14.9. The molecule has 1 aromatic carbocycles. The first-order chi connectivity index (χ1) is 8.99. The van der Waals surface area contributed by atoms with Gasteiger partial charge in [-0.1, -0.05) is 11.6 Å². The Hall–Kier alpha value is -0.900. The minimum atomic E-state index is -0.956. The largest absolute Gasteiger partial charge is 0.478 e. The van der Waals surface area contributed by atoms with Crippen molar-refractivity contribution in [2.75, 3.05) is 0 Å². The Labute approximate surface area is 137 Å². The van der Waals surface area contributed by atoms with Gasteiger partial charge in [0.25, 0.3) is 0 Å². The number of aryl methyl sites for hydroxylation is 1.